The minimum Gasteiger partial charge on any atom is -0.483 e. The van der Waals surface area contributed by atoms with Crippen LogP contribution >= 0.6 is 35.6 Å². The van der Waals surface area contributed by atoms with Gasteiger partial charge in [-0.15, -0.1) is 0 Å². The van der Waals surface area contributed by atoms with E-state index < -0.39 is 23.6 Å². The van der Waals surface area contributed by atoms with Crippen LogP contribution in [0.25, 0.3) is 6.08 Å². The highest BCUT2D eigenvalue weighted by atomic mass is 35.5. The van der Waals surface area contributed by atoms with Gasteiger partial charge in [-0.25, -0.2) is 0 Å². The average molecular weight is 563 g/mol. The summed E-state index contributed by atoms with van der Waals surface area (Å²) in [4.78, 5) is 26.7. The Labute approximate surface area is 225 Å². The highest BCUT2D eigenvalue weighted by Gasteiger charge is 2.36. The van der Waals surface area contributed by atoms with Gasteiger partial charge in [-0.3, -0.25) is 14.5 Å². The number of thioether (sulfide) groups is 1. The topological polar surface area (TPSA) is 58.6 Å². The summed E-state index contributed by atoms with van der Waals surface area (Å²) in [6.45, 7) is 1.54. The molecule has 4 rings (SSSR count). The lowest BCUT2D eigenvalue weighted by Crippen LogP contribution is -2.27. The quantitative estimate of drug-likeness (QED) is 0.257. The molecule has 0 radical (unpaired) electrons. The molecule has 0 unspecified atom stereocenters. The van der Waals surface area contributed by atoms with Crippen molar-refractivity contribution >= 4 is 69.2 Å². The van der Waals surface area contributed by atoms with Crippen molar-refractivity contribution in [2.24, 2.45) is 0 Å². The highest BCUT2D eigenvalue weighted by Crippen LogP contribution is 2.39. The van der Waals surface area contributed by atoms with Crippen molar-refractivity contribution in [1.82, 2.24) is 0 Å². The normalized spacial score (nSPS) is 14.8. The number of nitrogens with one attached hydrogen (secondary N) is 1. The van der Waals surface area contributed by atoms with Crippen LogP contribution < -0.4 is 15.0 Å². The van der Waals surface area contributed by atoms with E-state index in [-0.39, 0.29) is 21.5 Å². The molecule has 1 N–H and O–H groups in total. The number of anilines is 2. The molecule has 0 bridgehead atoms. The number of amides is 2. The Hall–Kier alpha value is -3.34. The van der Waals surface area contributed by atoms with Crippen molar-refractivity contribution in [3.05, 3.63) is 93.3 Å². The Balaban J connectivity index is 1.49. The van der Waals surface area contributed by atoms with E-state index in [4.69, 9.17) is 28.6 Å². The van der Waals surface area contributed by atoms with E-state index >= 15 is 0 Å². The van der Waals surface area contributed by atoms with E-state index in [1.165, 1.54) is 18.2 Å². The molecule has 0 aliphatic carbocycles. The molecule has 1 aliphatic rings. The van der Waals surface area contributed by atoms with Crippen molar-refractivity contribution in [2.45, 2.75) is 13.1 Å². The molecule has 0 spiro atoms. The van der Waals surface area contributed by atoms with Crippen LogP contribution in [0.2, 0.25) is 5.02 Å². The molecule has 1 fully saturated rings. The molecule has 5 nitrogen and oxygen atoms in total. The van der Waals surface area contributed by atoms with Gasteiger partial charge in [0.05, 0.1) is 16.2 Å². The first-order valence-corrected chi connectivity index (χ1v) is 12.4. The minimum absolute atomic E-state index is 0.0261. The van der Waals surface area contributed by atoms with Gasteiger partial charge in [-0.2, -0.15) is 13.2 Å². The van der Waals surface area contributed by atoms with Crippen LogP contribution in [0.4, 0.5) is 24.5 Å². The summed E-state index contributed by atoms with van der Waals surface area (Å²) in [5.41, 5.74) is 1.04. The van der Waals surface area contributed by atoms with E-state index in [2.05, 4.69) is 5.32 Å². The molecule has 3 aromatic rings. The molecule has 190 valence electrons. The van der Waals surface area contributed by atoms with Crippen molar-refractivity contribution in [2.75, 3.05) is 16.8 Å². The third kappa shape index (κ3) is 6.33. The van der Waals surface area contributed by atoms with Gasteiger partial charge in [-0.1, -0.05) is 65.9 Å². The molecule has 0 atom stereocenters. The number of para-hydroxylation sites is 1. The summed E-state index contributed by atoms with van der Waals surface area (Å²) >= 11 is 12.3. The number of hydrogen-bond acceptors (Lipinski definition) is 5. The predicted octanol–water partition coefficient (Wildman–Crippen LogP) is 7.09. The van der Waals surface area contributed by atoms with Crippen molar-refractivity contribution in [3.63, 3.8) is 0 Å². The molecular weight excluding hydrogens is 545 g/mol. The Kier molecular flexibility index (Phi) is 7.91. The maximum absolute atomic E-state index is 13.1. The maximum atomic E-state index is 13.1. The predicted molar refractivity (Wildman–Crippen MR) is 144 cm³/mol. The smallest absolute Gasteiger partial charge is 0.416 e. The van der Waals surface area contributed by atoms with Gasteiger partial charge in [0.1, 0.15) is 5.75 Å². The molecule has 1 aliphatic heterocycles. The van der Waals surface area contributed by atoms with Gasteiger partial charge in [0.15, 0.2) is 10.9 Å². The number of alkyl halides is 3. The first-order valence-electron chi connectivity index (χ1n) is 10.8. The molecule has 3 aromatic carbocycles. The highest BCUT2D eigenvalue weighted by molar-refractivity contribution is 8.27. The number of aryl methyl sites for hydroxylation is 1. The van der Waals surface area contributed by atoms with E-state index in [0.29, 0.717) is 22.0 Å². The van der Waals surface area contributed by atoms with Crippen LogP contribution in [0, 0.1) is 6.92 Å². The molecule has 1 saturated heterocycles. The van der Waals surface area contributed by atoms with Crippen molar-refractivity contribution < 1.29 is 27.5 Å². The fourth-order valence-electron chi connectivity index (χ4n) is 3.40. The molecule has 2 amide bonds. The number of rotatable bonds is 6. The third-order valence-electron chi connectivity index (χ3n) is 5.25. The second-order valence-electron chi connectivity index (χ2n) is 7.90. The number of hydrogen-bond donors (Lipinski definition) is 1. The van der Waals surface area contributed by atoms with Crippen molar-refractivity contribution in [3.8, 4) is 5.75 Å². The first kappa shape index (κ1) is 26.7. The second-order valence-corrected chi connectivity index (χ2v) is 9.99. The Morgan fingerprint density at radius 1 is 1.14 bits per heavy atom. The van der Waals surface area contributed by atoms with Crippen molar-refractivity contribution in [1.29, 1.82) is 0 Å². The van der Waals surface area contributed by atoms with Crippen LogP contribution in [-0.4, -0.2) is 22.7 Å². The number of ether oxygens (including phenoxy) is 1. The molecule has 37 heavy (non-hydrogen) atoms. The Bertz CT molecular complexity index is 1430. The Morgan fingerprint density at radius 2 is 1.89 bits per heavy atom. The summed E-state index contributed by atoms with van der Waals surface area (Å²) in [6.07, 6.45) is -3.03. The molecular formula is C26H18ClF3N2O3S2. The summed E-state index contributed by atoms with van der Waals surface area (Å²) < 4.78 is 45.2. The van der Waals surface area contributed by atoms with E-state index in [1.54, 1.807) is 42.5 Å². The number of carbonyl (C=O) groups is 2. The molecule has 0 saturated carbocycles. The van der Waals surface area contributed by atoms with Crippen LogP contribution in [-0.2, 0) is 15.8 Å². The maximum Gasteiger partial charge on any atom is 0.416 e. The lowest BCUT2D eigenvalue weighted by molar-refractivity contribution is -0.137. The Morgan fingerprint density at radius 3 is 2.62 bits per heavy atom. The van der Waals surface area contributed by atoms with Gasteiger partial charge in [-0.05, 0) is 55.0 Å². The second kappa shape index (κ2) is 11.0. The zero-order valence-corrected chi connectivity index (χ0v) is 21.5. The van der Waals surface area contributed by atoms with Crippen LogP contribution in [0.3, 0.4) is 0 Å². The number of halogens is 4. The largest absolute Gasteiger partial charge is 0.483 e. The fraction of sp³-hybridized carbons (Fsp3) is 0.115. The van der Waals surface area contributed by atoms with Gasteiger partial charge in [0.25, 0.3) is 11.8 Å². The van der Waals surface area contributed by atoms with Crippen LogP contribution in [0.15, 0.2) is 71.6 Å². The lowest BCUT2D eigenvalue weighted by atomic mass is 10.1. The molecule has 11 heteroatoms. The van der Waals surface area contributed by atoms with Gasteiger partial charge >= 0.3 is 6.18 Å². The molecule has 1 heterocycles. The SMILES string of the molecule is Cc1ccc(NC(=O)COc2ccccc2/C=C2\SC(=S)N(c3cccc(C(F)(F)F)c3)C2=O)cc1Cl. The standard InChI is InChI=1S/C26H18ClF3N2O3S2/c1-15-9-10-18(13-20(15)27)31-23(33)14-35-21-8-3-2-5-16(21)11-22-24(34)32(25(36)37-22)19-7-4-6-17(12-19)26(28,29)30/h2-13H,14H2,1H3,(H,31,33)/b22-11-. The monoisotopic (exact) mass is 562 g/mol. The number of carbonyl (C=O) groups excluding carboxylic acids is 2. The third-order valence-corrected chi connectivity index (χ3v) is 6.95. The van der Waals surface area contributed by atoms with Gasteiger partial charge in [0, 0.05) is 16.3 Å². The first-order chi connectivity index (χ1) is 17.5. The summed E-state index contributed by atoms with van der Waals surface area (Å²) in [6, 6.07) is 16.3. The zero-order chi connectivity index (χ0) is 26.7. The van der Waals surface area contributed by atoms with E-state index in [1.807, 2.05) is 6.92 Å². The molecule has 0 aromatic heterocycles. The number of benzene rings is 3. The number of thiocarbonyl (C=S) groups is 1. The van der Waals surface area contributed by atoms with Gasteiger partial charge in [0.2, 0.25) is 0 Å². The summed E-state index contributed by atoms with van der Waals surface area (Å²) in [5.74, 6) is -0.632. The van der Waals surface area contributed by atoms with Crippen LogP contribution in [0.5, 0.6) is 5.75 Å². The number of nitrogens with zero attached hydrogens (tertiary/aromatic N) is 1. The lowest BCUT2D eigenvalue weighted by Gasteiger charge is -2.16. The van der Waals surface area contributed by atoms with Gasteiger partial charge < -0.3 is 10.1 Å². The fourth-order valence-corrected chi connectivity index (χ4v) is 4.87. The van der Waals surface area contributed by atoms with Crippen LogP contribution in [0.1, 0.15) is 16.7 Å². The summed E-state index contributed by atoms with van der Waals surface area (Å²) in [7, 11) is 0. The zero-order valence-electron chi connectivity index (χ0n) is 19.1. The minimum atomic E-state index is -4.56. The van der Waals surface area contributed by atoms with E-state index in [9.17, 15) is 22.8 Å². The summed E-state index contributed by atoms with van der Waals surface area (Å²) in [5, 5.41) is 3.22. The van der Waals surface area contributed by atoms with E-state index in [0.717, 1.165) is 34.4 Å². The average Bonchev–Trinajstić information content (AvgIpc) is 3.13.